The van der Waals surface area contributed by atoms with Crippen molar-refractivity contribution < 1.29 is 15.0 Å². The maximum Gasteiger partial charge on any atom is 0.335 e. The fraction of sp³-hybridized carbons (Fsp3) is 0.219. The van der Waals surface area contributed by atoms with Crippen LogP contribution in [0.15, 0.2) is 91.3 Å². The maximum atomic E-state index is 11.4. The van der Waals surface area contributed by atoms with E-state index < -0.39 is 5.97 Å². The van der Waals surface area contributed by atoms with Crippen LogP contribution in [0.2, 0.25) is 0 Å². The van der Waals surface area contributed by atoms with E-state index in [1.54, 1.807) is 18.5 Å². The first-order valence-corrected chi connectivity index (χ1v) is 13.3. The number of carboxylic acids is 1. The number of hydrogen-bond acceptors (Lipinski definition) is 4. The molecule has 7 heteroatoms. The van der Waals surface area contributed by atoms with E-state index in [2.05, 4.69) is 28.8 Å². The van der Waals surface area contributed by atoms with Gasteiger partial charge in [0, 0.05) is 18.2 Å². The molecule has 0 spiro atoms. The number of aromatic nitrogens is 3. The molecule has 39 heavy (non-hydrogen) atoms. The summed E-state index contributed by atoms with van der Waals surface area (Å²) in [5, 5.41) is 29.6. The highest BCUT2D eigenvalue weighted by Crippen LogP contribution is 2.40. The van der Waals surface area contributed by atoms with E-state index in [-0.39, 0.29) is 17.7 Å². The minimum absolute atomic E-state index is 0.119. The molecule has 7 nitrogen and oxygen atoms in total. The number of aliphatic hydroxyl groups excluding tert-OH is 1. The van der Waals surface area contributed by atoms with Gasteiger partial charge in [-0.25, -0.2) is 9.78 Å². The van der Waals surface area contributed by atoms with Gasteiger partial charge in [-0.15, -0.1) is 0 Å². The van der Waals surface area contributed by atoms with Gasteiger partial charge in [0.05, 0.1) is 29.1 Å². The van der Waals surface area contributed by atoms with Crippen molar-refractivity contribution in [3.63, 3.8) is 0 Å². The molecular formula is C32H30N4O3. The molecule has 3 aromatic carbocycles. The summed E-state index contributed by atoms with van der Waals surface area (Å²) in [4.78, 5) is 16.4. The third kappa shape index (κ3) is 4.66. The summed E-state index contributed by atoms with van der Waals surface area (Å²) in [5.41, 5.74) is 6.27. The summed E-state index contributed by atoms with van der Waals surface area (Å²) in [6.45, 7) is 0.472. The number of rotatable bonds is 6. The van der Waals surface area contributed by atoms with E-state index in [0.717, 1.165) is 59.0 Å². The van der Waals surface area contributed by atoms with Crippen molar-refractivity contribution in [1.29, 1.82) is 5.41 Å². The number of hydrogen-bond donors (Lipinski definition) is 3. The van der Waals surface area contributed by atoms with Crippen molar-refractivity contribution in [3.8, 4) is 22.4 Å². The molecule has 0 bridgehead atoms. The predicted molar refractivity (Wildman–Crippen MR) is 150 cm³/mol. The molecule has 2 aromatic heterocycles. The largest absolute Gasteiger partial charge is 0.478 e. The average molecular weight is 519 g/mol. The molecule has 3 N–H and O–H groups in total. The first kappa shape index (κ1) is 24.8. The number of fused-ring (bicyclic) bond motifs is 1. The smallest absolute Gasteiger partial charge is 0.335 e. The second kappa shape index (κ2) is 10.3. The molecule has 0 amide bonds. The van der Waals surface area contributed by atoms with Gasteiger partial charge in [0.15, 0.2) is 0 Å². The van der Waals surface area contributed by atoms with E-state index in [4.69, 9.17) is 4.98 Å². The van der Waals surface area contributed by atoms with Gasteiger partial charge < -0.3 is 19.3 Å². The molecule has 6 rings (SSSR count). The quantitative estimate of drug-likeness (QED) is 0.261. The Morgan fingerprint density at radius 1 is 0.872 bits per heavy atom. The number of nitrogens with zero attached hydrogens (tertiary/aromatic N) is 3. The average Bonchev–Trinajstić information content (AvgIpc) is 3.30. The Bertz CT molecular complexity index is 1680. The second-order valence-electron chi connectivity index (χ2n) is 10.2. The van der Waals surface area contributed by atoms with Crippen LogP contribution in [-0.2, 0) is 6.54 Å². The van der Waals surface area contributed by atoms with Gasteiger partial charge in [0.25, 0.3) is 0 Å². The van der Waals surface area contributed by atoms with Crippen LogP contribution in [0.5, 0.6) is 0 Å². The first-order chi connectivity index (χ1) is 19.0. The lowest BCUT2D eigenvalue weighted by atomic mass is 9.93. The predicted octanol–water partition coefficient (Wildman–Crippen LogP) is 5.87. The van der Waals surface area contributed by atoms with E-state index >= 15 is 0 Å². The molecule has 0 saturated heterocycles. The van der Waals surface area contributed by atoms with Crippen molar-refractivity contribution in [1.82, 2.24) is 14.1 Å². The van der Waals surface area contributed by atoms with Crippen LogP contribution in [0.25, 0.3) is 33.4 Å². The van der Waals surface area contributed by atoms with Gasteiger partial charge in [-0.2, -0.15) is 0 Å². The van der Waals surface area contributed by atoms with Crippen LogP contribution in [0.1, 0.15) is 47.6 Å². The van der Waals surface area contributed by atoms with Gasteiger partial charge in [0.1, 0.15) is 11.1 Å². The first-order valence-electron chi connectivity index (χ1n) is 13.3. The molecule has 1 saturated carbocycles. The van der Waals surface area contributed by atoms with Crippen molar-refractivity contribution in [2.75, 3.05) is 0 Å². The topological polar surface area (TPSA) is 104 Å². The molecule has 0 unspecified atom stereocenters. The normalized spacial score (nSPS) is 17.4. The van der Waals surface area contributed by atoms with Gasteiger partial charge in [-0.05, 0) is 54.5 Å². The van der Waals surface area contributed by atoms with Gasteiger partial charge in [-0.1, -0.05) is 72.8 Å². The molecule has 1 aliphatic carbocycles. The Labute approximate surface area is 226 Å². The Hall–Kier alpha value is -4.49. The lowest BCUT2D eigenvalue weighted by Gasteiger charge is -2.27. The minimum atomic E-state index is -0.954. The van der Waals surface area contributed by atoms with Crippen LogP contribution in [-0.4, -0.2) is 36.4 Å². The molecule has 1 aliphatic rings. The van der Waals surface area contributed by atoms with Gasteiger partial charge >= 0.3 is 5.97 Å². The van der Waals surface area contributed by atoms with Crippen LogP contribution in [0, 0.1) is 5.41 Å². The van der Waals surface area contributed by atoms with Gasteiger partial charge in [0.2, 0.25) is 0 Å². The summed E-state index contributed by atoms with van der Waals surface area (Å²) in [7, 11) is 0. The third-order valence-corrected chi connectivity index (χ3v) is 7.75. The highest BCUT2D eigenvalue weighted by Gasteiger charge is 2.26. The van der Waals surface area contributed by atoms with Crippen molar-refractivity contribution in [2.24, 2.45) is 0 Å². The van der Waals surface area contributed by atoms with Gasteiger partial charge in [-0.3, -0.25) is 5.41 Å². The Balaban J connectivity index is 1.62. The highest BCUT2D eigenvalue weighted by atomic mass is 16.4. The monoisotopic (exact) mass is 518 g/mol. The maximum absolute atomic E-state index is 11.4. The SMILES string of the molecule is N=c1c2c(-c3ccccc3)c(-c3ccccc3)n(Cc3ccc(C(=O)O)cc3)c2ncn1C1CCC(O)CC1. The van der Waals surface area contributed by atoms with E-state index in [9.17, 15) is 20.4 Å². The number of benzene rings is 3. The lowest BCUT2D eigenvalue weighted by molar-refractivity contribution is 0.0697. The summed E-state index contributed by atoms with van der Waals surface area (Å²) >= 11 is 0. The molecule has 0 atom stereocenters. The van der Waals surface area contributed by atoms with E-state index in [0.29, 0.717) is 17.7 Å². The Morgan fingerprint density at radius 3 is 2.10 bits per heavy atom. The van der Waals surface area contributed by atoms with Crippen LogP contribution in [0.3, 0.4) is 0 Å². The molecular weight excluding hydrogens is 488 g/mol. The van der Waals surface area contributed by atoms with Crippen LogP contribution < -0.4 is 5.49 Å². The summed E-state index contributed by atoms with van der Waals surface area (Å²) < 4.78 is 4.12. The van der Waals surface area contributed by atoms with E-state index in [1.165, 1.54) is 0 Å². The van der Waals surface area contributed by atoms with E-state index in [1.807, 2.05) is 53.1 Å². The van der Waals surface area contributed by atoms with Crippen LogP contribution in [0.4, 0.5) is 0 Å². The number of carbonyl (C=O) groups is 1. The Morgan fingerprint density at radius 2 is 1.49 bits per heavy atom. The Kier molecular flexibility index (Phi) is 6.59. The molecule has 0 aliphatic heterocycles. The summed E-state index contributed by atoms with van der Waals surface area (Å²) in [6, 6.07) is 27.3. The minimum Gasteiger partial charge on any atom is -0.478 e. The number of carboxylic acid groups (broad SMARTS) is 1. The standard InChI is InChI=1S/C32H30N4O3/c33-30-28-27(22-7-3-1-4-8-22)29(23-9-5-2-6-10-23)35(19-21-11-13-24(14-12-21)32(38)39)31(28)34-20-36(30)25-15-17-26(37)18-16-25/h1-14,20,25-26,33,37H,15-19H2,(H,38,39). The molecule has 0 radical (unpaired) electrons. The van der Waals surface area contributed by atoms with Crippen molar-refractivity contribution in [3.05, 3.63) is 108 Å². The number of aliphatic hydroxyl groups is 1. The van der Waals surface area contributed by atoms with Crippen molar-refractivity contribution in [2.45, 2.75) is 44.4 Å². The molecule has 5 aromatic rings. The lowest BCUT2D eigenvalue weighted by Crippen LogP contribution is -2.29. The van der Waals surface area contributed by atoms with Crippen molar-refractivity contribution >= 4 is 17.0 Å². The zero-order valence-corrected chi connectivity index (χ0v) is 21.5. The molecule has 1 fully saturated rings. The number of nitrogens with one attached hydrogen (secondary N) is 1. The summed E-state index contributed by atoms with van der Waals surface area (Å²) in [6.07, 6.45) is 4.58. The third-order valence-electron chi connectivity index (χ3n) is 7.75. The molecule has 196 valence electrons. The highest BCUT2D eigenvalue weighted by molar-refractivity contribution is 6.02. The zero-order valence-electron chi connectivity index (χ0n) is 21.5. The van der Waals surface area contributed by atoms with Crippen LogP contribution >= 0.6 is 0 Å². The second-order valence-corrected chi connectivity index (χ2v) is 10.2. The number of aromatic carboxylic acids is 1. The fourth-order valence-electron chi connectivity index (χ4n) is 5.75. The summed E-state index contributed by atoms with van der Waals surface area (Å²) in [5.74, 6) is -0.954. The fourth-order valence-corrected chi connectivity index (χ4v) is 5.75. The molecule has 2 heterocycles. The zero-order chi connectivity index (χ0) is 26.9.